The van der Waals surface area contributed by atoms with Crippen molar-refractivity contribution in [1.29, 1.82) is 0 Å². The Morgan fingerprint density at radius 1 is 1.15 bits per heavy atom. The Bertz CT molecular complexity index is 990. The first-order valence-corrected chi connectivity index (χ1v) is 9.75. The predicted molar refractivity (Wildman–Crippen MR) is 94.9 cm³/mol. The van der Waals surface area contributed by atoms with Crippen molar-refractivity contribution < 1.29 is 26.4 Å². The lowest BCUT2D eigenvalue weighted by Gasteiger charge is -2.17. The summed E-state index contributed by atoms with van der Waals surface area (Å²) in [5, 5.41) is 0. The number of carbonyl (C=O) groups excluding carboxylic acids is 1. The molecule has 0 atom stereocenters. The van der Waals surface area contributed by atoms with Crippen LogP contribution in [0.5, 0.6) is 0 Å². The fourth-order valence-electron chi connectivity index (χ4n) is 2.89. The van der Waals surface area contributed by atoms with Crippen molar-refractivity contribution in [3.05, 3.63) is 59.2 Å². The Balaban J connectivity index is 1.76. The summed E-state index contributed by atoms with van der Waals surface area (Å²) in [6.07, 6.45) is -3.00. The normalized spacial score (nSPS) is 14.0. The van der Waals surface area contributed by atoms with Crippen LogP contribution in [0.15, 0.2) is 42.5 Å². The molecule has 0 fully saturated rings. The van der Waals surface area contributed by atoms with Crippen molar-refractivity contribution in [2.24, 2.45) is 0 Å². The number of sulfonamides is 1. The molecule has 10 heteroatoms. The maximum atomic E-state index is 13.0. The van der Waals surface area contributed by atoms with Crippen LogP contribution in [0, 0.1) is 0 Å². The van der Waals surface area contributed by atoms with Crippen LogP contribution in [0.2, 0.25) is 0 Å². The van der Waals surface area contributed by atoms with Gasteiger partial charge in [0, 0.05) is 12.1 Å². The summed E-state index contributed by atoms with van der Waals surface area (Å²) in [4.78, 5) is 12.3. The molecule has 1 amide bonds. The lowest BCUT2D eigenvalue weighted by Crippen LogP contribution is -2.30. The molecule has 0 saturated carbocycles. The van der Waals surface area contributed by atoms with Crippen LogP contribution in [0.25, 0.3) is 0 Å². The highest BCUT2D eigenvalue weighted by Gasteiger charge is 2.33. The van der Waals surface area contributed by atoms with Crippen LogP contribution in [0.1, 0.15) is 21.5 Å². The number of nitrogens with zero attached hydrogens (tertiary/aromatic N) is 1. The zero-order valence-corrected chi connectivity index (χ0v) is 15.0. The smallest absolute Gasteiger partial charge is 0.298 e. The van der Waals surface area contributed by atoms with Crippen molar-refractivity contribution in [3.63, 3.8) is 0 Å². The quantitative estimate of drug-likeness (QED) is 0.775. The predicted octanol–water partition coefficient (Wildman–Crippen LogP) is 2.78. The molecule has 2 aromatic rings. The monoisotopic (exact) mass is 399 g/mol. The number of amides is 1. The summed E-state index contributed by atoms with van der Waals surface area (Å²) in [5.41, 5.74) is 4.75. The van der Waals surface area contributed by atoms with Crippen molar-refractivity contribution in [1.82, 2.24) is 5.43 Å². The van der Waals surface area contributed by atoms with E-state index >= 15 is 0 Å². The van der Waals surface area contributed by atoms with E-state index in [1.807, 2.05) is 0 Å². The molecule has 2 aromatic carbocycles. The van der Waals surface area contributed by atoms with E-state index in [-0.39, 0.29) is 17.8 Å². The highest BCUT2D eigenvalue weighted by atomic mass is 32.2. The van der Waals surface area contributed by atoms with Gasteiger partial charge in [-0.25, -0.2) is 8.42 Å². The molecule has 6 nitrogen and oxygen atoms in total. The molecule has 144 valence electrons. The summed E-state index contributed by atoms with van der Waals surface area (Å²) < 4.78 is 63.6. The first-order chi connectivity index (χ1) is 12.6. The highest BCUT2D eigenvalue weighted by Crippen LogP contribution is 2.34. The molecule has 0 aromatic heterocycles. The minimum atomic E-state index is -4.56. The molecule has 1 aliphatic heterocycles. The van der Waals surface area contributed by atoms with E-state index in [1.165, 1.54) is 40.7 Å². The van der Waals surface area contributed by atoms with Crippen LogP contribution in [-0.2, 0) is 22.6 Å². The molecular weight excluding hydrogens is 383 g/mol. The second-order valence-electron chi connectivity index (χ2n) is 6.05. The summed E-state index contributed by atoms with van der Waals surface area (Å²) in [6, 6.07) is 9.26. The van der Waals surface area contributed by atoms with Crippen molar-refractivity contribution >= 4 is 27.3 Å². The molecular formula is C17H16F3N3O3S. The van der Waals surface area contributed by atoms with Crippen LogP contribution in [-0.4, -0.2) is 27.1 Å². The Kier molecular flexibility index (Phi) is 4.77. The van der Waals surface area contributed by atoms with Gasteiger partial charge in [-0.2, -0.15) is 13.2 Å². The standard InChI is InChI=1S/C17H16F3N3O3S/c1-27(25,26)23-9-8-11-10-12(6-7-15(11)23)16(24)22-21-14-5-3-2-4-13(14)17(18,19)20/h2-7,10,21H,8-9H2,1H3,(H,22,24). The van der Waals surface area contributed by atoms with E-state index < -0.39 is 27.7 Å². The van der Waals surface area contributed by atoms with Gasteiger partial charge in [0.25, 0.3) is 5.91 Å². The average molecular weight is 399 g/mol. The zero-order chi connectivity index (χ0) is 19.8. The molecule has 0 aliphatic carbocycles. The van der Waals surface area contributed by atoms with Crippen LogP contribution < -0.4 is 15.2 Å². The van der Waals surface area contributed by atoms with Crippen LogP contribution >= 0.6 is 0 Å². The third-order valence-corrected chi connectivity index (χ3v) is 5.32. The lowest BCUT2D eigenvalue weighted by atomic mass is 10.1. The summed E-state index contributed by atoms with van der Waals surface area (Å²) in [7, 11) is -3.40. The van der Waals surface area contributed by atoms with Gasteiger partial charge in [0.15, 0.2) is 0 Å². The highest BCUT2D eigenvalue weighted by molar-refractivity contribution is 7.92. The molecule has 27 heavy (non-hydrogen) atoms. The van der Waals surface area contributed by atoms with Gasteiger partial charge in [0.1, 0.15) is 0 Å². The number of rotatable bonds is 4. The molecule has 0 spiro atoms. The van der Waals surface area contributed by atoms with E-state index in [4.69, 9.17) is 0 Å². The topological polar surface area (TPSA) is 78.5 Å². The SMILES string of the molecule is CS(=O)(=O)N1CCc2cc(C(=O)NNc3ccccc3C(F)(F)F)ccc21. The van der Waals surface area contributed by atoms with E-state index in [2.05, 4.69) is 10.9 Å². The molecule has 2 N–H and O–H groups in total. The molecule has 0 saturated heterocycles. The number of fused-ring (bicyclic) bond motifs is 1. The maximum Gasteiger partial charge on any atom is 0.418 e. The lowest BCUT2D eigenvalue weighted by molar-refractivity contribution is -0.137. The van der Waals surface area contributed by atoms with Crippen molar-refractivity contribution in [2.45, 2.75) is 12.6 Å². The van der Waals surface area contributed by atoms with E-state index in [0.717, 1.165) is 12.3 Å². The molecule has 0 radical (unpaired) electrons. The molecule has 3 rings (SSSR count). The first-order valence-electron chi connectivity index (χ1n) is 7.90. The zero-order valence-electron chi connectivity index (χ0n) is 14.2. The first kappa shape index (κ1) is 19.0. The Labute approximate surface area is 154 Å². The number of nitrogens with one attached hydrogen (secondary N) is 2. The Hall–Kier alpha value is -2.75. The van der Waals surface area contributed by atoms with Gasteiger partial charge < -0.3 is 0 Å². The number of hydrogen-bond acceptors (Lipinski definition) is 4. The number of alkyl halides is 3. The Morgan fingerprint density at radius 2 is 1.85 bits per heavy atom. The van der Waals surface area contributed by atoms with Gasteiger partial charge >= 0.3 is 6.18 Å². The van der Waals surface area contributed by atoms with Gasteiger partial charge in [0.05, 0.1) is 23.2 Å². The largest absolute Gasteiger partial charge is 0.418 e. The van der Waals surface area contributed by atoms with E-state index in [1.54, 1.807) is 0 Å². The van der Waals surface area contributed by atoms with Gasteiger partial charge in [-0.1, -0.05) is 12.1 Å². The number of hydrogen-bond donors (Lipinski definition) is 2. The second-order valence-corrected chi connectivity index (χ2v) is 7.96. The van der Waals surface area contributed by atoms with Crippen LogP contribution in [0.3, 0.4) is 0 Å². The van der Waals surface area contributed by atoms with Crippen LogP contribution in [0.4, 0.5) is 24.5 Å². The maximum absolute atomic E-state index is 13.0. The van der Waals surface area contributed by atoms with Crippen molar-refractivity contribution in [3.8, 4) is 0 Å². The molecule has 0 unspecified atom stereocenters. The number of hydrazine groups is 1. The third-order valence-electron chi connectivity index (χ3n) is 4.14. The third kappa shape index (κ3) is 4.00. The number of anilines is 2. The molecule has 1 heterocycles. The molecule has 0 bridgehead atoms. The number of carbonyl (C=O) groups is 1. The Morgan fingerprint density at radius 3 is 2.52 bits per heavy atom. The van der Waals surface area contributed by atoms with Gasteiger partial charge in [-0.15, -0.1) is 0 Å². The molecule has 1 aliphatic rings. The minimum absolute atomic E-state index is 0.209. The van der Waals surface area contributed by atoms with Gasteiger partial charge in [-0.05, 0) is 42.3 Å². The summed E-state index contributed by atoms with van der Waals surface area (Å²) in [6.45, 7) is 0.288. The fraction of sp³-hybridized carbons (Fsp3) is 0.235. The van der Waals surface area contributed by atoms with Gasteiger partial charge in [-0.3, -0.25) is 20.0 Å². The van der Waals surface area contributed by atoms with E-state index in [9.17, 15) is 26.4 Å². The van der Waals surface area contributed by atoms with Crippen molar-refractivity contribution in [2.75, 3.05) is 22.5 Å². The number of halogens is 3. The fourth-order valence-corrected chi connectivity index (χ4v) is 3.85. The average Bonchev–Trinajstić information content (AvgIpc) is 3.02. The second kappa shape index (κ2) is 6.76. The summed E-state index contributed by atoms with van der Waals surface area (Å²) >= 11 is 0. The number of benzene rings is 2. The van der Waals surface area contributed by atoms with E-state index in [0.29, 0.717) is 17.7 Å². The van der Waals surface area contributed by atoms with Gasteiger partial charge in [0.2, 0.25) is 10.0 Å². The number of para-hydroxylation sites is 1. The minimum Gasteiger partial charge on any atom is -0.298 e. The summed E-state index contributed by atoms with van der Waals surface area (Å²) in [5.74, 6) is -0.632.